The van der Waals surface area contributed by atoms with Gasteiger partial charge in [-0.25, -0.2) is 0 Å². The van der Waals surface area contributed by atoms with Gasteiger partial charge >= 0.3 is 0 Å². The monoisotopic (exact) mass is 379 g/mol. The smallest absolute Gasteiger partial charge is 0.232 e. The summed E-state index contributed by atoms with van der Waals surface area (Å²) in [6.07, 6.45) is 3.17. The van der Waals surface area contributed by atoms with Crippen LogP contribution in [-0.2, 0) is 4.79 Å². The lowest BCUT2D eigenvalue weighted by molar-refractivity contribution is -0.117. The highest BCUT2D eigenvalue weighted by Crippen LogP contribution is 2.35. The summed E-state index contributed by atoms with van der Waals surface area (Å²) >= 11 is 0. The van der Waals surface area contributed by atoms with Crippen LogP contribution in [0.1, 0.15) is 30.7 Å². The third-order valence-electron chi connectivity index (χ3n) is 5.92. The SMILES string of the molecule is COc1cccc(N2CCN(CCCCC3C(=O)Nc4ccccc43)CC2)c1. The van der Waals surface area contributed by atoms with Crippen molar-refractivity contribution in [2.24, 2.45) is 0 Å². The molecular weight excluding hydrogens is 350 g/mol. The van der Waals surface area contributed by atoms with E-state index in [0.717, 1.165) is 63.4 Å². The minimum absolute atomic E-state index is 0.0288. The maximum atomic E-state index is 12.2. The van der Waals surface area contributed by atoms with Gasteiger partial charge in [0, 0.05) is 43.6 Å². The number of hydrogen-bond donors (Lipinski definition) is 1. The van der Waals surface area contributed by atoms with E-state index < -0.39 is 0 Å². The van der Waals surface area contributed by atoms with Crippen LogP contribution in [-0.4, -0.2) is 50.6 Å². The lowest BCUT2D eigenvalue weighted by atomic mass is 9.95. The average molecular weight is 380 g/mol. The number of methoxy groups -OCH3 is 1. The number of nitrogens with one attached hydrogen (secondary N) is 1. The van der Waals surface area contributed by atoms with Gasteiger partial charge < -0.3 is 15.0 Å². The van der Waals surface area contributed by atoms with E-state index in [0.29, 0.717) is 0 Å². The second-order valence-corrected chi connectivity index (χ2v) is 7.66. The van der Waals surface area contributed by atoms with Gasteiger partial charge in [0.2, 0.25) is 5.91 Å². The lowest BCUT2D eigenvalue weighted by Gasteiger charge is -2.36. The molecule has 1 amide bonds. The minimum atomic E-state index is 0.0288. The molecule has 4 rings (SSSR count). The summed E-state index contributed by atoms with van der Waals surface area (Å²) in [7, 11) is 1.71. The average Bonchev–Trinajstić information content (AvgIpc) is 3.07. The van der Waals surface area contributed by atoms with E-state index in [9.17, 15) is 4.79 Å². The van der Waals surface area contributed by atoms with Gasteiger partial charge in [-0.1, -0.05) is 30.7 Å². The standard InChI is InChI=1S/C23H29N3O2/c1-28-19-8-6-7-18(17-19)26-15-13-25(14-16-26)12-5-4-10-21-20-9-2-3-11-22(20)24-23(21)27/h2-3,6-9,11,17,21H,4-5,10,12-16H2,1H3,(H,24,27). The second-order valence-electron chi connectivity index (χ2n) is 7.66. The Labute approximate surface area is 167 Å². The Morgan fingerprint density at radius 1 is 1.04 bits per heavy atom. The molecule has 1 unspecified atom stereocenters. The normalized spacial score (nSPS) is 19.4. The zero-order valence-electron chi connectivity index (χ0n) is 16.6. The first-order valence-electron chi connectivity index (χ1n) is 10.3. The van der Waals surface area contributed by atoms with Gasteiger partial charge in [-0.2, -0.15) is 0 Å². The molecule has 2 aromatic carbocycles. The molecule has 5 nitrogen and oxygen atoms in total. The maximum absolute atomic E-state index is 12.2. The van der Waals surface area contributed by atoms with Crippen LogP contribution in [0.3, 0.4) is 0 Å². The molecular formula is C23H29N3O2. The highest BCUT2D eigenvalue weighted by atomic mass is 16.5. The van der Waals surface area contributed by atoms with Crippen LogP contribution in [0.15, 0.2) is 48.5 Å². The molecule has 0 aromatic heterocycles. The number of nitrogens with zero attached hydrogens (tertiary/aromatic N) is 2. The van der Waals surface area contributed by atoms with Crippen LogP contribution >= 0.6 is 0 Å². The number of rotatable bonds is 7. The number of carbonyl (C=O) groups is 1. The zero-order chi connectivity index (χ0) is 19.3. The summed E-state index contributed by atoms with van der Waals surface area (Å²) in [5, 5.41) is 3.00. The summed E-state index contributed by atoms with van der Waals surface area (Å²) in [6, 6.07) is 16.4. The highest BCUT2D eigenvalue weighted by molar-refractivity contribution is 6.02. The Kier molecular flexibility index (Phi) is 5.81. The lowest BCUT2D eigenvalue weighted by Crippen LogP contribution is -2.46. The highest BCUT2D eigenvalue weighted by Gasteiger charge is 2.29. The number of hydrogen-bond acceptors (Lipinski definition) is 4. The third-order valence-corrected chi connectivity index (χ3v) is 5.92. The Morgan fingerprint density at radius 2 is 1.86 bits per heavy atom. The van der Waals surface area contributed by atoms with Crippen molar-refractivity contribution in [2.75, 3.05) is 50.1 Å². The maximum Gasteiger partial charge on any atom is 0.232 e. The quantitative estimate of drug-likeness (QED) is 0.745. The molecule has 2 aliphatic heterocycles. The molecule has 0 radical (unpaired) electrons. The molecule has 5 heteroatoms. The fourth-order valence-electron chi connectivity index (χ4n) is 4.28. The predicted octanol–water partition coefficient (Wildman–Crippen LogP) is 3.72. The van der Waals surface area contributed by atoms with Gasteiger partial charge in [0.25, 0.3) is 0 Å². The zero-order valence-corrected chi connectivity index (χ0v) is 16.6. The Morgan fingerprint density at radius 3 is 2.68 bits per heavy atom. The second kappa shape index (κ2) is 8.65. The Hall–Kier alpha value is -2.53. The Bertz CT molecular complexity index is 815. The molecule has 1 saturated heterocycles. The van der Waals surface area contributed by atoms with Gasteiger partial charge in [0.15, 0.2) is 0 Å². The van der Waals surface area contributed by atoms with Crippen LogP contribution < -0.4 is 15.0 Å². The van der Waals surface area contributed by atoms with Crippen LogP contribution in [0.2, 0.25) is 0 Å². The number of para-hydroxylation sites is 1. The van der Waals surface area contributed by atoms with E-state index in [-0.39, 0.29) is 11.8 Å². The summed E-state index contributed by atoms with van der Waals surface area (Å²) in [5.41, 5.74) is 3.40. The van der Waals surface area contributed by atoms with Crippen LogP contribution in [0.5, 0.6) is 5.75 Å². The number of unbranched alkanes of at least 4 members (excludes halogenated alkanes) is 1. The molecule has 148 valence electrons. The summed E-state index contributed by atoms with van der Waals surface area (Å²) in [6.45, 7) is 5.38. The van der Waals surface area contributed by atoms with Gasteiger partial charge in [0.1, 0.15) is 5.75 Å². The van der Waals surface area contributed by atoms with Gasteiger partial charge in [0.05, 0.1) is 13.0 Å². The molecule has 1 fully saturated rings. The minimum Gasteiger partial charge on any atom is -0.497 e. The van der Waals surface area contributed by atoms with Crippen molar-refractivity contribution in [3.05, 3.63) is 54.1 Å². The molecule has 28 heavy (non-hydrogen) atoms. The Balaban J connectivity index is 1.20. The van der Waals surface area contributed by atoms with Gasteiger partial charge in [-0.3, -0.25) is 9.69 Å². The van der Waals surface area contributed by atoms with Crippen molar-refractivity contribution in [1.82, 2.24) is 4.90 Å². The molecule has 2 aliphatic rings. The number of carbonyl (C=O) groups excluding carboxylic acids is 1. The fourth-order valence-corrected chi connectivity index (χ4v) is 4.28. The molecule has 0 spiro atoms. The number of amides is 1. The molecule has 0 saturated carbocycles. The number of piperazine rings is 1. The molecule has 1 atom stereocenters. The van der Waals surface area contributed by atoms with Crippen molar-refractivity contribution in [3.8, 4) is 5.75 Å². The van der Waals surface area contributed by atoms with Crippen molar-refractivity contribution < 1.29 is 9.53 Å². The van der Waals surface area contributed by atoms with Gasteiger partial charge in [-0.05, 0) is 43.1 Å². The van der Waals surface area contributed by atoms with E-state index >= 15 is 0 Å². The molecule has 2 aromatic rings. The molecule has 0 aliphatic carbocycles. The largest absolute Gasteiger partial charge is 0.497 e. The van der Waals surface area contributed by atoms with E-state index in [2.05, 4.69) is 39.4 Å². The van der Waals surface area contributed by atoms with Crippen LogP contribution in [0.25, 0.3) is 0 Å². The summed E-state index contributed by atoms with van der Waals surface area (Å²) < 4.78 is 5.34. The number of anilines is 2. The summed E-state index contributed by atoms with van der Waals surface area (Å²) in [4.78, 5) is 17.2. The first-order valence-corrected chi connectivity index (χ1v) is 10.3. The van der Waals surface area contributed by atoms with Crippen LogP contribution in [0.4, 0.5) is 11.4 Å². The third kappa shape index (κ3) is 4.14. The van der Waals surface area contributed by atoms with Gasteiger partial charge in [-0.15, -0.1) is 0 Å². The van der Waals surface area contributed by atoms with E-state index in [1.165, 1.54) is 11.3 Å². The van der Waals surface area contributed by atoms with E-state index in [1.54, 1.807) is 7.11 Å². The first-order chi connectivity index (χ1) is 13.7. The van der Waals surface area contributed by atoms with Crippen molar-refractivity contribution in [3.63, 3.8) is 0 Å². The van der Waals surface area contributed by atoms with Crippen LogP contribution in [0, 0.1) is 0 Å². The fraction of sp³-hybridized carbons (Fsp3) is 0.435. The topological polar surface area (TPSA) is 44.8 Å². The summed E-state index contributed by atoms with van der Waals surface area (Å²) in [5.74, 6) is 1.10. The van der Waals surface area contributed by atoms with Crippen molar-refractivity contribution >= 4 is 17.3 Å². The number of benzene rings is 2. The predicted molar refractivity (Wildman–Crippen MR) is 113 cm³/mol. The first kappa shape index (κ1) is 18.8. The van der Waals surface area contributed by atoms with E-state index in [1.807, 2.05) is 24.3 Å². The molecule has 2 heterocycles. The van der Waals surface area contributed by atoms with Crippen molar-refractivity contribution in [2.45, 2.75) is 25.2 Å². The van der Waals surface area contributed by atoms with E-state index in [4.69, 9.17) is 4.74 Å². The van der Waals surface area contributed by atoms with Crippen molar-refractivity contribution in [1.29, 1.82) is 0 Å². The molecule has 0 bridgehead atoms. The molecule has 1 N–H and O–H groups in total. The number of fused-ring (bicyclic) bond motifs is 1. The number of ether oxygens (including phenoxy) is 1.